The highest BCUT2D eigenvalue weighted by Gasteiger charge is 2.22. The first-order chi connectivity index (χ1) is 24.3. The Balaban J connectivity index is 1.23. The maximum absolute atomic E-state index is 6.55. The highest BCUT2D eigenvalue weighted by Crippen LogP contribution is 2.39. The van der Waals surface area contributed by atoms with E-state index in [0.29, 0.717) is 5.89 Å². The molecule has 9 aromatic rings. The molecule has 3 nitrogen and oxygen atoms in total. The van der Waals surface area contributed by atoms with Gasteiger partial charge in [0, 0.05) is 28.0 Å². The second kappa shape index (κ2) is 12.4. The predicted molar refractivity (Wildman–Crippen MR) is 207 cm³/mol. The van der Waals surface area contributed by atoms with E-state index in [1.807, 2.05) is 30.3 Å². The van der Waals surface area contributed by atoms with Crippen molar-refractivity contribution in [1.82, 2.24) is 4.98 Å². The van der Waals surface area contributed by atoms with E-state index in [1.165, 1.54) is 15.6 Å². The lowest BCUT2D eigenvalue weighted by molar-refractivity contribution is 0.623. The number of nitrogens with zero attached hydrogens (tertiary/aromatic N) is 2. The van der Waals surface area contributed by atoms with Crippen molar-refractivity contribution in [1.29, 1.82) is 0 Å². The van der Waals surface area contributed by atoms with Crippen molar-refractivity contribution in [3.8, 4) is 11.5 Å². The summed E-state index contributed by atoms with van der Waals surface area (Å²) in [6, 6.07) is 67.1. The van der Waals surface area contributed by atoms with Crippen LogP contribution in [0.15, 0.2) is 192 Å². The molecule has 0 spiro atoms. The van der Waals surface area contributed by atoms with Gasteiger partial charge in [0.1, 0.15) is 5.52 Å². The van der Waals surface area contributed by atoms with Gasteiger partial charge in [0.15, 0.2) is 14.4 Å². The summed E-state index contributed by atoms with van der Waals surface area (Å²) in [7, 11) is -1.25. The van der Waals surface area contributed by atoms with Crippen molar-refractivity contribution in [2.45, 2.75) is 0 Å². The minimum Gasteiger partial charge on any atom is -0.435 e. The van der Waals surface area contributed by atoms with Crippen molar-refractivity contribution < 1.29 is 4.42 Å². The Hall–Kier alpha value is -6.23. The van der Waals surface area contributed by atoms with Crippen LogP contribution in [0.3, 0.4) is 0 Å². The quantitative estimate of drug-likeness (QED) is 0.0984. The molecule has 0 saturated heterocycles. The van der Waals surface area contributed by atoms with Crippen LogP contribution in [0.25, 0.3) is 44.1 Å². The largest absolute Gasteiger partial charge is 0.435 e. The molecule has 0 aliphatic heterocycles. The second-order valence-corrected chi connectivity index (χ2v) is 14.7. The molecule has 0 atom stereocenters. The molecule has 8 aromatic carbocycles. The Morgan fingerprint density at radius 3 is 1.71 bits per heavy atom. The summed E-state index contributed by atoms with van der Waals surface area (Å²) in [5.74, 6) is 0.633. The molecule has 0 N–H and O–H groups in total. The van der Waals surface area contributed by atoms with Gasteiger partial charge in [0.2, 0.25) is 5.89 Å². The van der Waals surface area contributed by atoms with Crippen molar-refractivity contribution >= 4 is 74.1 Å². The zero-order valence-corrected chi connectivity index (χ0v) is 27.7. The van der Waals surface area contributed by atoms with Crippen molar-refractivity contribution in [3.63, 3.8) is 0 Å². The van der Waals surface area contributed by atoms with Crippen LogP contribution in [-0.4, -0.2) is 13.8 Å². The molecular weight excluding hydrogens is 613 g/mol. The maximum Gasteiger partial charge on any atom is 0.227 e. The van der Waals surface area contributed by atoms with Crippen molar-refractivity contribution in [2.24, 2.45) is 0 Å². The molecule has 0 bridgehead atoms. The van der Waals surface area contributed by atoms with Crippen LogP contribution in [0.1, 0.15) is 0 Å². The number of benzene rings is 8. The molecule has 1 aromatic heterocycles. The van der Waals surface area contributed by atoms with Gasteiger partial charge < -0.3 is 9.32 Å². The SMILES string of the molecule is c1ccc(-c2nc3ccc4ccc5ccc(N(c6ccccc6)c6cccc([Si](c7ccccc7)c7ccccc7)c6)cc5c4c3o2)cc1. The van der Waals surface area contributed by atoms with Crippen LogP contribution in [0.5, 0.6) is 0 Å². The van der Waals surface area contributed by atoms with Gasteiger partial charge >= 0.3 is 0 Å². The van der Waals surface area contributed by atoms with Gasteiger partial charge in [0.25, 0.3) is 0 Å². The number of hydrogen-bond acceptors (Lipinski definition) is 3. The van der Waals surface area contributed by atoms with E-state index in [-0.39, 0.29) is 0 Å². The third-order valence-electron chi connectivity index (χ3n) is 9.15. The van der Waals surface area contributed by atoms with E-state index in [1.54, 1.807) is 0 Å². The standard InChI is InChI=1S/C45H31N2OSi/c1-5-14-34(15-6-1)45-46-42-29-27-33-25-24-32-26-28-37(31-41(32)43(33)44(42)48-45)47(35-16-7-2-8-17-35)36-18-13-23-40(30-36)49(38-19-9-3-10-20-38)39-21-11-4-12-22-39/h1-31H. The van der Waals surface area contributed by atoms with Gasteiger partial charge in [0.05, 0.1) is 0 Å². The van der Waals surface area contributed by atoms with Gasteiger partial charge in [-0.05, 0) is 75.9 Å². The van der Waals surface area contributed by atoms with E-state index in [2.05, 4.69) is 163 Å². The summed E-state index contributed by atoms with van der Waals surface area (Å²) >= 11 is 0. The molecular formula is C45H31N2OSi. The number of oxazole rings is 1. The van der Waals surface area contributed by atoms with Gasteiger partial charge in [-0.15, -0.1) is 0 Å². The molecule has 1 radical (unpaired) electrons. The topological polar surface area (TPSA) is 29.3 Å². The number of aromatic nitrogens is 1. The van der Waals surface area contributed by atoms with E-state index in [9.17, 15) is 0 Å². The minimum atomic E-state index is -1.25. The van der Waals surface area contributed by atoms with Gasteiger partial charge in [-0.25, -0.2) is 4.98 Å². The summed E-state index contributed by atoms with van der Waals surface area (Å²) in [5, 5.41) is 8.55. The zero-order valence-electron chi connectivity index (χ0n) is 26.7. The first-order valence-corrected chi connectivity index (χ1v) is 18.0. The lowest BCUT2D eigenvalue weighted by Gasteiger charge is -2.27. The highest BCUT2D eigenvalue weighted by molar-refractivity contribution is 6.95. The first-order valence-electron chi connectivity index (χ1n) is 16.5. The third kappa shape index (κ3) is 5.38. The van der Waals surface area contributed by atoms with E-state index < -0.39 is 8.80 Å². The molecule has 0 unspecified atom stereocenters. The molecule has 1 heterocycles. The summed E-state index contributed by atoms with van der Waals surface area (Å²) in [6.07, 6.45) is 0. The summed E-state index contributed by atoms with van der Waals surface area (Å²) in [4.78, 5) is 7.26. The van der Waals surface area contributed by atoms with E-state index >= 15 is 0 Å². The number of hydrogen-bond donors (Lipinski definition) is 0. The van der Waals surface area contributed by atoms with Crippen LogP contribution in [0, 0.1) is 0 Å². The fraction of sp³-hybridized carbons (Fsp3) is 0. The number of anilines is 3. The Kier molecular flexibility index (Phi) is 7.34. The first kappa shape index (κ1) is 28.9. The van der Waals surface area contributed by atoms with Crippen LogP contribution >= 0.6 is 0 Å². The molecule has 0 saturated carbocycles. The van der Waals surface area contributed by atoms with Gasteiger partial charge in [-0.3, -0.25) is 0 Å². The van der Waals surface area contributed by atoms with Crippen molar-refractivity contribution in [3.05, 3.63) is 188 Å². The van der Waals surface area contributed by atoms with Crippen LogP contribution < -0.4 is 20.5 Å². The normalized spacial score (nSPS) is 11.4. The Labute approximate surface area is 287 Å². The van der Waals surface area contributed by atoms with Gasteiger partial charge in [-0.1, -0.05) is 144 Å². The molecule has 0 aliphatic rings. The van der Waals surface area contributed by atoms with Crippen LogP contribution in [0.2, 0.25) is 0 Å². The summed E-state index contributed by atoms with van der Waals surface area (Å²) in [5.41, 5.74) is 5.93. The van der Waals surface area contributed by atoms with Gasteiger partial charge in [-0.2, -0.15) is 0 Å². The Morgan fingerprint density at radius 1 is 0.449 bits per heavy atom. The summed E-state index contributed by atoms with van der Waals surface area (Å²) < 4.78 is 6.55. The third-order valence-corrected chi connectivity index (χ3v) is 11.9. The number of rotatable bonds is 7. The predicted octanol–water partition coefficient (Wildman–Crippen LogP) is 9.79. The Bertz CT molecular complexity index is 2510. The fourth-order valence-electron chi connectivity index (χ4n) is 6.89. The lowest BCUT2D eigenvalue weighted by atomic mass is 10.00. The lowest BCUT2D eigenvalue weighted by Crippen LogP contribution is -2.51. The maximum atomic E-state index is 6.55. The molecule has 0 amide bonds. The average molecular weight is 644 g/mol. The second-order valence-electron chi connectivity index (χ2n) is 12.2. The van der Waals surface area contributed by atoms with Crippen LogP contribution in [0.4, 0.5) is 17.1 Å². The highest BCUT2D eigenvalue weighted by atomic mass is 28.3. The Morgan fingerprint density at radius 2 is 1.00 bits per heavy atom. The number of fused-ring (bicyclic) bond motifs is 5. The van der Waals surface area contributed by atoms with E-state index in [4.69, 9.17) is 9.40 Å². The molecule has 9 rings (SSSR count). The molecule has 0 fully saturated rings. The monoisotopic (exact) mass is 643 g/mol. The summed E-state index contributed by atoms with van der Waals surface area (Å²) in [6.45, 7) is 0. The molecule has 49 heavy (non-hydrogen) atoms. The van der Waals surface area contributed by atoms with Crippen LogP contribution in [-0.2, 0) is 0 Å². The molecule has 231 valence electrons. The zero-order chi connectivity index (χ0) is 32.6. The molecule has 4 heteroatoms. The average Bonchev–Trinajstić information content (AvgIpc) is 3.62. The fourth-order valence-corrected chi connectivity index (χ4v) is 9.49. The van der Waals surface area contributed by atoms with E-state index in [0.717, 1.165) is 55.3 Å². The number of para-hydroxylation sites is 1. The molecule has 0 aliphatic carbocycles. The van der Waals surface area contributed by atoms with Crippen molar-refractivity contribution in [2.75, 3.05) is 4.90 Å². The minimum absolute atomic E-state index is 0.633. The smallest absolute Gasteiger partial charge is 0.227 e.